The summed E-state index contributed by atoms with van der Waals surface area (Å²) in [5, 5.41) is 2.36. The molecule has 6 aliphatic rings. The van der Waals surface area contributed by atoms with Gasteiger partial charge in [-0.1, -0.05) is 178 Å². The highest BCUT2D eigenvalue weighted by Gasteiger charge is 2.61. The molecule has 0 aliphatic heterocycles. The number of para-hydroxylation sites is 1. The van der Waals surface area contributed by atoms with Crippen molar-refractivity contribution in [1.82, 2.24) is 0 Å². The molecule has 4 bridgehead atoms. The Morgan fingerprint density at radius 3 is 1.84 bits per heavy atom. The molecule has 63 heavy (non-hydrogen) atoms. The Morgan fingerprint density at radius 2 is 1.03 bits per heavy atom. The fourth-order valence-corrected chi connectivity index (χ4v) is 14.8. The van der Waals surface area contributed by atoms with Crippen LogP contribution in [0.5, 0.6) is 0 Å². The van der Waals surface area contributed by atoms with Gasteiger partial charge in [0.1, 0.15) is 11.2 Å². The van der Waals surface area contributed by atoms with Crippen molar-refractivity contribution in [3.63, 3.8) is 0 Å². The molecule has 4 saturated carbocycles. The van der Waals surface area contributed by atoms with Crippen LogP contribution in [0.25, 0.3) is 66.4 Å². The van der Waals surface area contributed by atoms with Crippen LogP contribution in [0.3, 0.4) is 0 Å². The van der Waals surface area contributed by atoms with E-state index in [1.807, 2.05) is 0 Å². The summed E-state index contributed by atoms with van der Waals surface area (Å²) in [6.07, 6.45) is 7.11. The number of hydrogen-bond acceptors (Lipinski definition) is 1. The van der Waals surface area contributed by atoms with Crippen LogP contribution in [0.15, 0.2) is 180 Å². The van der Waals surface area contributed by atoms with Crippen LogP contribution in [-0.4, -0.2) is 0 Å². The zero-order valence-corrected chi connectivity index (χ0v) is 36.1. The third-order valence-electron chi connectivity index (χ3n) is 17.0. The van der Waals surface area contributed by atoms with Crippen molar-refractivity contribution in [1.29, 1.82) is 0 Å². The SMILES string of the molecule is CC1(C)c2ccccc2-c2c(C(c3cccc(-c4ccc(-c5cccc6c5-c5ccccc5C65C6CC7CC(C6)CC5C7)cc4)c3)c3cccc4oc5ccccc5c34)cccc21. The third-order valence-corrected chi connectivity index (χ3v) is 17.0. The minimum atomic E-state index is -0.0957. The zero-order chi connectivity index (χ0) is 41.6. The topological polar surface area (TPSA) is 13.1 Å². The lowest BCUT2D eigenvalue weighted by Gasteiger charge is -2.61. The maximum absolute atomic E-state index is 6.54. The van der Waals surface area contributed by atoms with Gasteiger partial charge in [-0.2, -0.15) is 0 Å². The van der Waals surface area contributed by atoms with E-state index in [1.165, 1.54) is 110 Å². The summed E-state index contributed by atoms with van der Waals surface area (Å²) >= 11 is 0. The molecule has 8 aromatic carbocycles. The normalized spacial score (nSPS) is 23.5. The van der Waals surface area contributed by atoms with Gasteiger partial charge >= 0.3 is 0 Å². The quantitative estimate of drug-likeness (QED) is 0.158. The van der Waals surface area contributed by atoms with Gasteiger partial charge in [-0.3, -0.25) is 0 Å². The lowest BCUT2D eigenvalue weighted by molar-refractivity contribution is -0.0399. The first kappa shape index (κ1) is 36.1. The second kappa shape index (κ2) is 13.1. The Hall–Kier alpha value is -6.44. The van der Waals surface area contributed by atoms with Crippen molar-refractivity contribution < 1.29 is 4.42 Å². The van der Waals surface area contributed by atoms with E-state index in [9.17, 15) is 0 Å². The van der Waals surface area contributed by atoms with E-state index in [1.54, 1.807) is 11.1 Å². The second-order valence-corrected chi connectivity index (χ2v) is 20.3. The minimum absolute atomic E-state index is 0.0321. The molecule has 304 valence electrons. The van der Waals surface area contributed by atoms with Gasteiger partial charge in [0.15, 0.2) is 0 Å². The van der Waals surface area contributed by atoms with Gasteiger partial charge in [0.2, 0.25) is 0 Å². The first-order valence-electron chi connectivity index (χ1n) is 23.5. The van der Waals surface area contributed by atoms with Crippen LogP contribution < -0.4 is 0 Å². The van der Waals surface area contributed by atoms with Gasteiger partial charge in [-0.05, 0) is 151 Å². The number of benzene rings is 8. The molecule has 9 aromatic rings. The largest absolute Gasteiger partial charge is 0.456 e. The molecule has 1 unspecified atom stereocenters. The van der Waals surface area contributed by atoms with E-state index in [-0.39, 0.29) is 16.7 Å². The molecule has 6 aliphatic carbocycles. The summed E-state index contributed by atoms with van der Waals surface area (Å²) in [4.78, 5) is 0. The Morgan fingerprint density at radius 1 is 0.444 bits per heavy atom. The predicted molar refractivity (Wildman–Crippen MR) is 259 cm³/mol. The molecule has 1 nitrogen and oxygen atoms in total. The van der Waals surface area contributed by atoms with Gasteiger partial charge in [0.25, 0.3) is 0 Å². The Labute approximate surface area is 370 Å². The molecule has 1 spiro atoms. The summed E-state index contributed by atoms with van der Waals surface area (Å²) in [7, 11) is 0. The smallest absolute Gasteiger partial charge is 0.135 e. The number of rotatable bonds is 5. The molecule has 1 atom stereocenters. The van der Waals surface area contributed by atoms with Crippen molar-refractivity contribution >= 4 is 21.9 Å². The summed E-state index contributed by atoms with van der Waals surface area (Å²) < 4.78 is 6.54. The average Bonchev–Trinajstić information content (AvgIpc) is 3.93. The molecule has 15 rings (SSSR count). The lowest BCUT2D eigenvalue weighted by atomic mass is 9.43. The van der Waals surface area contributed by atoms with Crippen molar-refractivity contribution in [2.24, 2.45) is 23.7 Å². The van der Waals surface area contributed by atoms with Gasteiger partial charge in [-0.15, -0.1) is 0 Å². The van der Waals surface area contributed by atoms with Gasteiger partial charge < -0.3 is 4.42 Å². The van der Waals surface area contributed by atoms with E-state index in [0.29, 0.717) is 0 Å². The Balaban J connectivity index is 0.907. The molecule has 0 amide bonds. The monoisotopic (exact) mass is 810 g/mol. The van der Waals surface area contributed by atoms with Gasteiger partial charge in [-0.25, -0.2) is 0 Å². The standard InChI is InChI=1S/C62H50O/c1-61(2)51-21-6-3-15-46(51)59-49(19-11-23-53(59)61)57(50-20-12-26-56-60(50)48-17-5-8-25-55(48)63-56)42-14-9-13-41(36-42)39-27-29-40(30-28-39)45-18-10-24-54-58(45)47-16-4-7-22-52(47)62(54)43-32-37-31-38(34-43)35-44(62)33-37/h3-30,36-38,43-44,57H,31-35H2,1-2H3. The number of furan rings is 1. The van der Waals surface area contributed by atoms with E-state index < -0.39 is 0 Å². The van der Waals surface area contributed by atoms with Crippen LogP contribution >= 0.6 is 0 Å². The average molecular weight is 811 g/mol. The molecule has 4 fully saturated rings. The summed E-state index contributed by atoms with van der Waals surface area (Å²) in [5.74, 6) is 3.38. The second-order valence-electron chi connectivity index (χ2n) is 20.3. The first-order valence-corrected chi connectivity index (χ1v) is 23.5. The molecule has 1 aromatic heterocycles. The van der Waals surface area contributed by atoms with Crippen molar-refractivity contribution in [2.75, 3.05) is 0 Å². The zero-order valence-electron chi connectivity index (χ0n) is 36.1. The van der Waals surface area contributed by atoms with E-state index in [2.05, 4.69) is 190 Å². The van der Waals surface area contributed by atoms with Crippen LogP contribution in [-0.2, 0) is 10.8 Å². The van der Waals surface area contributed by atoms with Crippen molar-refractivity contribution in [3.8, 4) is 44.5 Å². The molecular formula is C62H50O. The first-order chi connectivity index (χ1) is 31.0. The molecule has 1 heteroatoms. The van der Waals surface area contributed by atoms with Gasteiger partial charge in [0.05, 0.1) is 0 Å². The highest BCUT2D eigenvalue weighted by Crippen LogP contribution is 2.70. The minimum Gasteiger partial charge on any atom is -0.456 e. The molecule has 0 N–H and O–H groups in total. The summed E-state index contributed by atoms with van der Waals surface area (Å²) in [6.45, 7) is 4.77. The van der Waals surface area contributed by atoms with E-state index in [4.69, 9.17) is 4.42 Å². The van der Waals surface area contributed by atoms with Crippen LogP contribution in [0.1, 0.15) is 90.8 Å². The van der Waals surface area contributed by atoms with Crippen molar-refractivity contribution in [2.45, 2.75) is 62.7 Å². The Bertz CT molecular complexity index is 3310. The molecule has 0 saturated heterocycles. The number of fused-ring (bicyclic) bond motifs is 9. The van der Waals surface area contributed by atoms with Crippen LogP contribution in [0, 0.1) is 23.7 Å². The molecule has 0 radical (unpaired) electrons. The van der Waals surface area contributed by atoms with Gasteiger partial charge in [0, 0.05) is 27.5 Å². The molecular weight excluding hydrogens is 761 g/mol. The van der Waals surface area contributed by atoms with Crippen LogP contribution in [0.2, 0.25) is 0 Å². The predicted octanol–water partition coefficient (Wildman–Crippen LogP) is 16.1. The third kappa shape index (κ3) is 4.89. The Kier molecular flexibility index (Phi) is 7.48. The highest BCUT2D eigenvalue weighted by atomic mass is 16.3. The lowest BCUT2D eigenvalue weighted by Crippen LogP contribution is -2.55. The highest BCUT2D eigenvalue weighted by molar-refractivity contribution is 6.07. The maximum Gasteiger partial charge on any atom is 0.135 e. The van der Waals surface area contributed by atoms with E-state index >= 15 is 0 Å². The van der Waals surface area contributed by atoms with Crippen LogP contribution in [0.4, 0.5) is 0 Å². The number of hydrogen-bond donors (Lipinski definition) is 0. The fourth-order valence-electron chi connectivity index (χ4n) is 14.8. The summed E-state index contributed by atoms with van der Waals surface area (Å²) in [5.41, 5.74) is 22.7. The maximum atomic E-state index is 6.54. The molecule has 1 heterocycles. The fraction of sp³-hybridized carbons (Fsp3) is 0.226. The van der Waals surface area contributed by atoms with E-state index in [0.717, 1.165) is 40.2 Å². The van der Waals surface area contributed by atoms with Crippen molar-refractivity contribution in [3.05, 3.63) is 215 Å². The summed E-state index contributed by atoms with van der Waals surface area (Å²) in [6, 6.07) is 66.9.